The molecular formula is C5H11NS. The van der Waals surface area contributed by atoms with E-state index in [0.29, 0.717) is 10.5 Å². The van der Waals surface area contributed by atoms with E-state index in [-0.39, 0.29) is 0 Å². The second kappa shape index (κ2) is 1.97. The van der Waals surface area contributed by atoms with Gasteiger partial charge < -0.3 is 0 Å². The van der Waals surface area contributed by atoms with Crippen molar-refractivity contribution in [3.8, 4) is 0 Å². The van der Waals surface area contributed by atoms with Crippen LogP contribution in [0.25, 0.3) is 0 Å². The van der Waals surface area contributed by atoms with Crippen LogP contribution in [-0.4, -0.2) is 36.0 Å². The predicted octanol–water partition coefficient (Wildman–Crippen LogP) is 0.590. The molecule has 0 aliphatic carbocycles. The molecule has 0 aromatic carbocycles. The molecule has 42 valence electrons. The molecule has 1 aliphatic heterocycles. The molecule has 1 heterocycles. The average molecular weight is 117 g/mol. The first-order valence-corrected chi connectivity index (χ1v) is 4.18. The van der Waals surface area contributed by atoms with E-state index in [1.807, 2.05) is 0 Å². The Hall–Kier alpha value is 0.180. The number of hydrogen-bond acceptors (Lipinski definition) is 1. The third-order valence-corrected chi connectivity index (χ3v) is 2.73. The maximum absolute atomic E-state index is 3.97. The Balaban J connectivity index is 2.40. The fourth-order valence-electron chi connectivity index (χ4n) is 0.726. The molecule has 0 radical (unpaired) electrons. The van der Waals surface area contributed by atoms with Gasteiger partial charge in [0.15, 0.2) is 0 Å². The second-order valence-corrected chi connectivity index (χ2v) is 3.92. The summed E-state index contributed by atoms with van der Waals surface area (Å²) in [4.78, 5) is 2.33. The highest BCUT2D eigenvalue weighted by Gasteiger charge is 2.06. The largest absolute Gasteiger partial charge is 0.297 e. The van der Waals surface area contributed by atoms with E-state index in [9.17, 15) is 0 Å². The molecule has 7 heavy (non-hydrogen) atoms. The summed E-state index contributed by atoms with van der Waals surface area (Å²) in [6.45, 7) is 1.26. The summed E-state index contributed by atoms with van der Waals surface area (Å²) in [5.74, 6) is 6.51. The molecule has 1 atom stereocenters. The lowest BCUT2D eigenvalue weighted by atomic mass is 10.7. The van der Waals surface area contributed by atoms with Gasteiger partial charge in [-0.15, -0.1) is 0 Å². The lowest BCUT2D eigenvalue weighted by Crippen LogP contribution is -2.11. The summed E-state index contributed by atoms with van der Waals surface area (Å²) >= 11 is 0. The fraction of sp³-hybridized carbons (Fsp3) is 0.800. The fourth-order valence-corrected chi connectivity index (χ4v) is 2.18. The van der Waals surface area contributed by atoms with Gasteiger partial charge in [0.25, 0.3) is 0 Å². The molecule has 2 heteroatoms. The standard InChI is InChI=1S/C5H11NS/c1-6-3-4-7(2)5-6/h2-5H2,1H3. The number of hydrogen-bond donors (Lipinski definition) is 0. The van der Waals surface area contributed by atoms with Crippen LogP contribution in [0.15, 0.2) is 0 Å². The molecule has 0 aromatic rings. The molecule has 0 saturated carbocycles. The van der Waals surface area contributed by atoms with Gasteiger partial charge >= 0.3 is 0 Å². The van der Waals surface area contributed by atoms with Gasteiger partial charge in [-0.1, -0.05) is 5.87 Å². The zero-order valence-corrected chi connectivity index (χ0v) is 5.50. The van der Waals surface area contributed by atoms with E-state index < -0.39 is 0 Å². The smallest absolute Gasteiger partial charge is 0.0387 e. The van der Waals surface area contributed by atoms with Crippen LogP contribution in [0.2, 0.25) is 0 Å². The topological polar surface area (TPSA) is 3.24 Å². The molecule has 1 unspecified atom stereocenters. The van der Waals surface area contributed by atoms with Gasteiger partial charge in [-0.05, 0) is 7.05 Å². The van der Waals surface area contributed by atoms with Crippen LogP contribution in [0.1, 0.15) is 0 Å². The zero-order valence-electron chi connectivity index (χ0n) is 4.68. The predicted molar refractivity (Wildman–Crippen MR) is 37.1 cm³/mol. The van der Waals surface area contributed by atoms with E-state index in [1.54, 1.807) is 0 Å². The Bertz CT molecular complexity index is 90.1. The van der Waals surface area contributed by atoms with Crippen molar-refractivity contribution in [1.29, 1.82) is 0 Å². The Morgan fingerprint density at radius 3 is 2.57 bits per heavy atom. The van der Waals surface area contributed by atoms with Crippen molar-refractivity contribution < 1.29 is 0 Å². The molecule has 0 N–H and O–H groups in total. The third-order valence-electron chi connectivity index (χ3n) is 1.16. The first kappa shape index (κ1) is 5.32. The molecule has 1 fully saturated rings. The van der Waals surface area contributed by atoms with Crippen LogP contribution in [0.5, 0.6) is 0 Å². The lowest BCUT2D eigenvalue weighted by Gasteiger charge is -2.01. The molecule has 1 rings (SSSR count). The zero-order chi connectivity index (χ0) is 5.28. The van der Waals surface area contributed by atoms with Crippen molar-refractivity contribution in [1.82, 2.24) is 4.90 Å². The first-order chi connectivity index (χ1) is 3.29. The van der Waals surface area contributed by atoms with Gasteiger partial charge in [0, 0.05) is 18.2 Å². The average Bonchev–Trinajstić information content (AvgIpc) is 1.87. The summed E-state index contributed by atoms with van der Waals surface area (Å²) in [5.41, 5.74) is 0. The minimum Gasteiger partial charge on any atom is -0.297 e. The van der Waals surface area contributed by atoms with Crippen molar-refractivity contribution in [3.05, 3.63) is 0 Å². The molecular weight excluding hydrogens is 106 g/mol. The molecule has 0 aromatic heterocycles. The van der Waals surface area contributed by atoms with Gasteiger partial charge in [0.2, 0.25) is 0 Å². The Kier molecular flexibility index (Phi) is 1.50. The summed E-state index contributed by atoms with van der Waals surface area (Å²) in [5, 5.41) is 0. The quantitative estimate of drug-likeness (QED) is 0.420. The third kappa shape index (κ3) is 1.28. The molecule has 0 amide bonds. The van der Waals surface area contributed by atoms with Crippen LogP contribution in [0, 0.1) is 0 Å². The molecule has 1 aliphatic rings. The summed E-state index contributed by atoms with van der Waals surface area (Å²) < 4.78 is 0. The number of nitrogens with zero attached hydrogens (tertiary/aromatic N) is 1. The minimum atomic E-state index is 0.473. The van der Waals surface area contributed by atoms with Crippen LogP contribution >= 0.6 is 10.5 Å². The van der Waals surface area contributed by atoms with Gasteiger partial charge in [-0.25, -0.2) is 0 Å². The maximum atomic E-state index is 3.97. The monoisotopic (exact) mass is 117 g/mol. The van der Waals surface area contributed by atoms with Crippen LogP contribution in [0.3, 0.4) is 0 Å². The van der Waals surface area contributed by atoms with E-state index >= 15 is 0 Å². The van der Waals surface area contributed by atoms with Gasteiger partial charge in [-0.3, -0.25) is 4.90 Å². The summed E-state index contributed by atoms with van der Waals surface area (Å²) in [6.07, 6.45) is 0. The van der Waals surface area contributed by atoms with Gasteiger partial charge in [0.1, 0.15) is 0 Å². The SMILES string of the molecule is C=S1CCN(C)C1. The van der Waals surface area contributed by atoms with Gasteiger partial charge in [0.05, 0.1) is 0 Å². The molecule has 1 saturated heterocycles. The Morgan fingerprint density at radius 2 is 2.43 bits per heavy atom. The van der Waals surface area contributed by atoms with E-state index in [2.05, 4.69) is 17.8 Å². The van der Waals surface area contributed by atoms with E-state index in [4.69, 9.17) is 0 Å². The van der Waals surface area contributed by atoms with Crippen molar-refractivity contribution >= 4 is 16.4 Å². The van der Waals surface area contributed by atoms with Crippen molar-refractivity contribution in [2.45, 2.75) is 0 Å². The highest BCUT2D eigenvalue weighted by Crippen LogP contribution is 2.16. The summed E-state index contributed by atoms with van der Waals surface area (Å²) in [7, 11) is 2.62. The Labute approximate surface area is 47.2 Å². The Morgan fingerprint density at radius 1 is 1.71 bits per heavy atom. The van der Waals surface area contributed by atoms with Crippen molar-refractivity contribution in [2.75, 3.05) is 25.2 Å². The molecule has 0 spiro atoms. The van der Waals surface area contributed by atoms with E-state index in [0.717, 1.165) is 0 Å². The maximum Gasteiger partial charge on any atom is 0.0387 e. The van der Waals surface area contributed by atoms with E-state index in [1.165, 1.54) is 18.2 Å². The normalized spacial score (nSPS) is 34.1. The number of rotatable bonds is 0. The van der Waals surface area contributed by atoms with Crippen LogP contribution in [-0.2, 0) is 0 Å². The first-order valence-electron chi connectivity index (χ1n) is 2.45. The van der Waals surface area contributed by atoms with Crippen LogP contribution < -0.4 is 0 Å². The van der Waals surface area contributed by atoms with Crippen molar-refractivity contribution in [3.63, 3.8) is 0 Å². The molecule has 1 nitrogen and oxygen atoms in total. The molecule has 0 bridgehead atoms. The van der Waals surface area contributed by atoms with Gasteiger partial charge in [-0.2, -0.15) is 10.5 Å². The highest BCUT2D eigenvalue weighted by molar-refractivity contribution is 8.14. The second-order valence-electron chi connectivity index (χ2n) is 2.03. The van der Waals surface area contributed by atoms with Crippen LogP contribution in [0.4, 0.5) is 0 Å². The lowest BCUT2D eigenvalue weighted by molar-refractivity contribution is 0.438. The summed E-state index contributed by atoms with van der Waals surface area (Å²) in [6, 6.07) is 0. The van der Waals surface area contributed by atoms with Crippen molar-refractivity contribution in [2.24, 2.45) is 0 Å². The highest BCUT2D eigenvalue weighted by atomic mass is 32.2. The minimum absolute atomic E-state index is 0.473.